The zero-order chi connectivity index (χ0) is 22.3. The van der Waals surface area contributed by atoms with E-state index in [0.717, 1.165) is 16.1 Å². The zero-order valence-corrected chi connectivity index (χ0v) is 19.0. The van der Waals surface area contributed by atoms with Crippen LogP contribution in [0, 0.1) is 6.92 Å². The van der Waals surface area contributed by atoms with E-state index in [2.05, 4.69) is 10.1 Å². The highest BCUT2D eigenvalue weighted by Crippen LogP contribution is 2.28. The lowest BCUT2D eigenvalue weighted by Gasteiger charge is -2.34. The van der Waals surface area contributed by atoms with E-state index in [4.69, 9.17) is 0 Å². The van der Waals surface area contributed by atoms with Crippen molar-refractivity contribution in [1.82, 2.24) is 18.9 Å². The third-order valence-electron chi connectivity index (χ3n) is 5.55. The minimum absolute atomic E-state index is 0.250. The minimum atomic E-state index is -3.53. The second-order valence-corrected chi connectivity index (χ2v) is 10.5. The molecule has 1 aliphatic heterocycles. The summed E-state index contributed by atoms with van der Waals surface area (Å²) in [5.74, 6) is 0.548. The molecular formula is C22H21N5O3S2. The fraction of sp³-hybridized carbons (Fsp3) is 0.227. The van der Waals surface area contributed by atoms with Crippen LogP contribution in [0.5, 0.6) is 0 Å². The van der Waals surface area contributed by atoms with Crippen molar-refractivity contribution in [3.05, 3.63) is 76.6 Å². The molecule has 0 radical (unpaired) electrons. The Labute approximate surface area is 189 Å². The van der Waals surface area contributed by atoms with Gasteiger partial charge in [0, 0.05) is 37.8 Å². The topological polar surface area (TPSA) is 87.9 Å². The Morgan fingerprint density at radius 3 is 2.34 bits per heavy atom. The van der Waals surface area contributed by atoms with Crippen LogP contribution in [0.25, 0.3) is 15.5 Å². The highest BCUT2D eigenvalue weighted by molar-refractivity contribution is 7.89. The van der Waals surface area contributed by atoms with E-state index in [1.807, 2.05) is 36.1 Å². The Hall–Kier alpha value is -3.08. The first-order valence-electron chi connectivity index (χ1n) is 10.2. The smallest absolute Gasteiger partial charge is 0.277 e. The number of hydrogen-bond acceptors (Lipinski definition) is 7. The van der Waals surface area contributed by atoms with Gasteiger partial charge in [0.25, 0.3) is 5.56 Å². The van der Waals surface area contributed by atoms with Gasteiger partial charge in [-0.25, -0.2) is 13.4 Å². The van der Waals surface area contributed by atoms with E-state index in [0.29, 0.717) is 41.9 Å². The predicted molar refractivity (Wildman–Crippen MR) is 125 cm³/mol. The fourth-order valence-electron chi connectivity index (χ4n) is 3.78. The number of anilines is 1. The van der Waals surface area contributed by atoms with E-state index in [1.54, 1.807) is 30.3 Å². The van der Waals surface area contributed by atoms with E-state index in [1.165, 1.54) is 26.2 Å². The molecule has 0 bridgehead atoms. The van der Waals surface area contributed by atoms with Crippen LogP contribution in [0.1, 0.15) is 5.56 Å². The van der Waals surface area contributed by atoms with Crippen LogP contribution in [0.15, 0.2) is 70.4 Å². The number of aromatic nitrogens is 3. The zero-order valence-electron chi connectivity index (χ0n) is 17.4. The number of piperazine rings is 1. The molecule has 5 rings (SSSR count). The van der Waals surface area contributed by atoms with Gasteiger partial charge in [-0.05, 0) is 24.6 Å². The molecule has 0 aliphatic carbocycles. The molecule has 8 nitrogen and oxygen atoms in total. The van der Waals surface area contributed by atoms with Gasteiger partial charge in [-0.3, -0.25) is 4.79 Å². The molecule has 2 aromatic heterocycles. The summed E-state index contributed by atoms with van der Waals surface area (Å²) in [7, 11) is -3.53. The highest BCUT2D eigenvalue weighted by Gasteiger charge is 2.29. The van der Waals surface area contributed by atoms with Gasteiger partial charge < -0.3 is 4.90 Å². The normalized spacial score (nSPS) is 15.3. The Bertz CT molecular complexity index is 1440. The minimum Gasteiger partial charge on any atom is -0.354 e. The van der Waals surface area contributed by atoms with Crippen molar-refractivity contribution in [2.75, 3.05) is 31.1 Å². The molecule has 10 heteroatoms. The van der Waals surface area contributed by atoms with Crippen molar-refractivity contribution in [2.45, 2.75) is 11.8 Å². The maximum absolute atomic E-state index is 12.9. The maximum Gasteiger partial charge on any atom is 0.277 e. The van der Waals surface area contributed by atoms with Gasteiger partial charge in [-0.2, -0.15) is 13.9 Å². The molecule has 0 amide bonds. The summed E-state index contributed by atoms with van der Waals surface area (Å²) in [5.41, 5.74) is 1.81. The summed E-state index contributed by atoms with van der Waals surface area (Å²) in [6, 6.07) is 17.8. The van der Waals surface area contributed by atoms with Crippen LogP contribution in [-0.4, -0.2) is 53.5 Å². The summed E-state index contributed by atoms with van der Waals surface area (Å²) < 4.78 is 28.5. The molecular weight excluding hydrogens is 446 g/mol. The van der Waals surface area contributed by atoms with Crippen LogP contribution < -0.4 is 10.5 Å². The molecule has 2 aromatic carbocycles. The van der Waals surface area contributed by atoms with Crippen molar-refractivity contribution in [2.24, 2.45) is 0 Å². The quantitative estimate of drug-likeness (QED) is 0.459. The van der Waals surface area contributed by atoms with Gasteiger partial charge in [-0.1, -0.05) is 53.8 Å². The number of sulfonamides is 1. The fourth-order valence-corrected chi connectivity index (χ4v) is 6.22. The average Bonchev–Trinajstić information content (AvgIpc) is 3.25. The van der Waals surface area contributed by atoms with E-state index in [-0.39, 0.29) is 5.56 Å². The predicted octanol–water partition coefficient (Wildman–Crippen LogP) is 2.64. The Morgan fingerprint density at radius 1 is 0.938 bits per heavy atom. The van der Waals surface area contributed by atoms with E-state index < -0.39 is 10.0 Å². The lowest BCUT2D eigenvalue weighted by molar-refractivity contribution is 0.384. The molecule has 0 spiro atoms. The van der Waals surface area contributed by atoms with E-state index in [9.17, 15) is 13.2 Å². The molecule has 4 aromatic rings. The van der Waals surface area contributed by atoms with Gasteiger partial charge in [-0.15, -0.1) is 0 Å². The summed E-state index contributed by atoms with van der Waals surface area (Å²) in [5, 5.41) is 5.20. The molecule has 32 heavy (non-hydrogen) atoms. The number of rotatable bonds is 4. The lowest BCUT2D eigenvalue weighted by atomic mass is 10.1. The number of nitrogens with zero attached hydrogens (tertiary/aromatic N) is 5. The van der Waals surface area contributed by atoms with Crippen LogP contribution in [0.3, 0.4) is 0 Å². The first kappa shape index (κ1) is 20.8. The van der Waals surface area contributed by atoms with Gasteiger partial charge in [0.05, 0.1) is 4.90 Å². The van der Waals surface area contributed by atoms with Gasteiger partial charge in [0.1, 0.15) is 10.8 Å². The van der Waals surface area contributed by atoms with Crippen molar-refractivity contribution >= 4 is 32.1 Å². The number of hydrogen-bond donors (Lipinski definition) is 0. The number of fused-ring (bicyclic) bond motifs is 1. The third-order valence-corrected chi connectivity index (χ3v) is 8.41. The first-order chi connectivity index (χ1) is 15.4. The Morgan fingerprint density at radius 2 is 1.62 bits per heavy atom. The Kier molecular flexibility index (Phi) is 5.28. The van der Waals surface area contributed by atoms with Crippen molar-refractivity contribution in [3.63, 3.8) is 0 Å². The second-order valence-electron chi connectivity index (χ2n) is 7.57. The van der Waals surface area contributed by atoms with Crippen LogP contribution in [0.2, 0.25) is 0 Å². The summed E-state index contributed by atoms with van der Waals surface area (Å²) in [6.45, 7) is 3.58. The average molecular weight is 468 g/mol. The monoisotopic (exact) mass is 467 g/mol. The van der Waals surface area contributed by atoms with Crippen molar-refractivity contribution < 1.29 is 8.42 Å². The molecule has 0 unspecified atom stereocenters. The van der Waals surface area contributed by atoms with Gasteiger partial charge in [0.2, 0.25) is 15.0 Å². The molecule has 0 atom stereocenters. The molecule has 1 saturated heterocycles. The lowest BCUT2D eigenvalue weighted by Crippen LogP contribution is -2.49. The molecule has 1 aliphatic rings. The third kappa shape index (κ3) is 3.70. The summed E-state index contributed by atoms with van der Waals surface area (Å²) in [6.07, 6.45) is 0. The first-order valence-corrected chi connectivity index (χ1v) is 12.5. The van der Waals surface area contributed by atoms with Crippen molar-refractivity contribution in [1.29, 1.82) is 0 Å². The second kappa shape index (κ2) is 8.12. The molecule has 1 fully saturated rings. The van der Waals surface area contributed by atoms with Crippen LogP contribution in [-0.2, 0) is 10.0 Å². The number of aryl methyl sites for hydroxylation is 1. The van der Waals surface area contributed by atoms with Crippen LogP contribution in [0.4, 0.5) is 5.82 Å². The standard InChI is InChI=1S/C22H21N5O3S2/c1-16-7-5-6-10-18(16)21-24-27-20(28)15-19(23-22(27)31-21)25-11-13-26(14-12-25)32(29,30)17-8-3-2-4-9-17/h2-10,15H,11-14H2,1H3. The molecule has 3 heterocycles. The van der Waals surface area contributed by atoms with Gasteiger partial charge in [0.15, 0.2) is 0 Å². The van der Waals surface area contributed by atoms with Gasteiger partial charge >= 0.3 is 0 Å². The molecule has 164 valence electrons. The Balaban J connectivity index is 1.39. The maximum atomic E-state index is 12.9. The molecule has 0 saturated carbocycles. The summed E-state index contributed by atoms with van der Waals surface area (Å²) >= 11 is 1.37. The molecule has 0 N–H and O–H groups in total. The van der Waals surface area contributed by atoms with Crippen molar-refractivity contribution in [3.8, 4) is 10.6 Å². The SMILES string of the molecule is Cc1ccccc1-c1nn2c(=O)cc(N3CCN(S(=O)(=O)c4ccccc4)CC3)nc2s1. The van der Waals surface area contributed by atoms with E-state index >= 15 is 0 Å². The van der Waals surface area contributed by atoms with Crippen LogP contribution >= 0.6 is 11.3 Å². The largest absolute Gasteiger partial charge is 0.354 e. The summed E-state index contributed by atoms with van der Waals surface area (Å²) in [4.78, 5) is 20.1. The number of benzene rings is 2. The highest BCUT2D eigenvalue weighted by atomic mass is 32.2.